The number of sulfonamides is 1. The summed E-state index contributed by atoms with van der Waals surface area (Å²) in [6.07, 6.45) is 3.38. The molecule has 1 rings (SSSR count). The second kappa shape index (κ2) is 5.99. The maximum atomic E-state index is 12.1. The van der Waals surface area contributed by atoms with Crippen molar-refractivity contribution in [1.29, 1.82) is 0 Å². The zero-order chi connectivity index (χ0) is 13.9. The highest BCUT2D eigenvalue weighted by atomic mass is 32.2. The summed E-state index contributed by atoms with van der Waals surface area (Å²) in [4.78, 5) is 10.8. The van der Waals surface area contributed by atoms with Crippen LogP contribution in [0.25, 0.3) is 0 Å². The Hall–Kier alpha value is -0.660. The Bertz CT molecular complexity index is 388. The molecule has 0 bridgehead atoms. The number of nitrogens with zero attached hydrogens (tertiary/aromatic N) is 1. The van der Waals surface area contributed by atoms with Crippen molar-refractivity contribution >= 4 is 16.0 Å². The van der Waals surface area contributed by atoms with E-state index in [0.29, 0.717) is 6.04 Å². The van der Waals surface area contributed by atoms with Crippen LogP contribution in [-0.2, 0) is 14.8 Å². The smallest absolute Gasteiger partial charge is 0.323 e. The van der Waals surface area contributed by atoms with Crippen LogP contribution in [0.15, 0.2) is 0 Å². The summed E-state index contributed by atoms with van der Waals surface area (Å²) in [6, 6.07) is 0.357. The van der Waals surface area contributed by atoms with E-state index in [-0.39, 0.29) is 6.04 Å². The van der Waals surface area contributed by atoms with Crippen molar-refractivity contribution in [3.8, 4) is 0 Å². The first-order valence-electron chi connectivity index (χ1n) is 6.17. The minimum atomic E-state index is -3.75. The van der Waals surface area contributed by atoms with Crippen LogP contribution in [0, 0.1) is 0 Å². The zero-order valence-electron chi connectivity index (χ0n) is 11.1. The van der Waals surface area contributed by atoms with E-state index in [1.165, 1.54) is 18.3 Å². The second-order valence-corrected chi connectivity index (χ2v) is 7.15. The summed E-state index contributed by atoms with van der Waals surface area (Å²) in [6.45, 7) is 1.22. The number of carboxylic acids is 1. The van der Waals surface area contributed by atoms with E-state index in [4.69, 9.17) is 5.11 Å². The molecule has 1 fully saturated rings. The van der Waals surface area contributed by atoms with Gasteiger partial charge in [-0.2, -0.15) is 0 Å². The predicted octanol–water partition coefficient (Wildman–Crippen LogP) is 0.252. The molecule has 0 aromatic rings. The first-order valence-corrected chi connectivity index (χ1v) is 7.68. The van der Waals surface area contributed by atoms with Gasteiger partial charge in [-0.1, -0.05) is 0 Å². The average Bonchev–Trinajstić information content (AvgIpc) is 2.36. The van der Waals surface area contributed by atoms with Gasteiger partial charge in [0.2, 0.25) is 10.0 Å². The lowest BCUT2D eigenvalue weighted by molar-refractivity contribution is -0.136. The van der Waals surface area contributed by atoms with Gasteiger partial charge in [0.15, 0.2) is 5.25 Å². The third-order valence-electron chi connectivity index (χ3n) is 3.82. The molecule has 1 atom stereocenters. The fourth-order valence-electron chi connectivity index (χ4n) is 2.31. The predicted molar refractivity (Wildman–Crippen MR) is 68.9 cm³/mol. The number of carbonyl (C=O) groups is 1. The third-order valence-corrected chi connectivity index (χ3v) is 6.01. The van der Waals surface area contributed by atoms with E-state index in [9.17, 15) is 13.2 Å². The summed E-state index contributed by atoms with van der Waals surface area (Å²) >= 11 is 0. The number of hydrogen-bond donors (Lipinski definition) is 2. The van der Waals surface area contributed by atoms with Gasteiger partial charge in [-0.15, -0.1) is 0 Å². The molecule has 6 nitrogen and oxygen atoms in total. The maximum Gasteiger partial charge on any atom is 0.323 e. The molecule has 106 valence electrons. The van der Waals surface area contributed by atoms with Gasteiger partial charge in [-0.05, 0) is 39.7 Å². The van der Waals surface area contributed by atoms with E-state index in [1.807, 2.05) is 7.05 Å². The summed E-state index contributed by atoms with van der Waals surface area (Å²) in [5, 5.41) is 10.6. The minimum Gasteiger partial charge on any atom is -0.480 e. The van der Waals surface area contributed by atoms with Crippen LogP contribution in [0.3, 0.4) is 0 Å². The van der Waals surface area contributed by atoms with Crippen LogP contribution < -0.4 is 5.32 Å². The van der Waals surface area contributed by atoms with E-state index < -0.39 is 21.2 Å². The molecular formula is C11H22N2O4S. The molecule has 0 radical (unpaired) electrons. The first-order chi connectivity index (χ1) is 8.30. The van der Waals surface area contributed by atoms with Crippen molar-refractivity contribution in [2.45, 2.75) is 49.9 Å². The molecule has 0 spiro atoms. The van der Waals surface area contributed by atoms with E-state index in [2.05, 4.69) is 5.32 Å². The highest BCUT2D eigenvalue weighted by molar-refractivity contribution is 7.90. The van der Waals surface area contributed by atoms with Crippen LogP contribution in [0.4, 0.5) is 0 Å². The topological polar surface area (TPSA) is 86.7 Å². The summed E-state index contributed by atoms with van der Waals surface area (Å²) in [5.41, 5.74) is 0. The van der Waals surface area contributed by atoms with Crippen LogP contribution in [0.2, 0.25) is 0 Å². The number of aliphatic carboxylic acids is 1. The Kier molecular flexibility index (Phi) is 5.12. The van der Waals surface area contributed by atoms with Crippen molar-refractivity contribution in [3.05, 3.63) is 0 Å². The largest absolute Gasteiger partial charge is 0.480 e. The quantitative estimate of drug-likeness (QED) is 0.753. The summed E-state index contributed by atoms with van der Waals surface area (Å²) in [5.74, 6) is -1.30. The van der Waals surface area contributed by atoms with Gasteiger partial charge in [0.1, 0.15) is 0 Å². The Labute approximate surface area is 108 Å². The average molecular weight is 278 g/mol. The lowest BCUT2D eigenvalue weighted by atomic mass is 9.91. The highest BCUT2D eigenvalue weighted by Gasteiger charge is 2.36. The Morgan fingerprint density at radius 1 is 1.33 bits per heavy atom. The molecule has 0 aromatic carbocycles. The number of nitrogens with one attached hydrogen (secondary N) is 1. The lowest BCUT2D eigenvalue weighted by Gasteiger charge is -2.34. The first kappa shape index (κ1) is 15.4. The van der Waals surface area contributed by atoms with Gasteiger partial charge >= 0.3 is 5.97 Å². The minimum absolute atomic E-state index is 0.0820. The molecule has 1 aliphatic carbocycles. The zero-order valence-corrected chi connectivity index (χ0v) is 11.9. The molecule has 1 unspecified atom stereocenters. The molecule has 2 N–H and O–H groups in total. The van der Waals surface area contributed by atoms with Gasteiger partial charge in [-0.3, -0.25) is 4.79 Å². The molecule has 18 heavy (non-hydrogen) atoms. The molecule has 7 heteroatoms. The SMILES string of the molecule is CNC1CCC(N(C)S(=O)(=O)C(C)C(=O)O)CC1. The van der Waals surface area contributed by atoms with E-state index in [0.717, 1.165) is 25.7 Å². The van der Waals surface area contributed by atoms with Gasteiger partial charge < -0.3 is 10.4 Å². The van der Waals surface area contributed by atoms with Crippen molar-refractivity contribution < 1.29 is 18.3 Å². The second-order valence-electron chi connectivity index (χ2n) is 4.84. The summed E-state index contributed by atoms with van der Waals surface area (Å²) < 4.78 is 25.4. The van der Waals surface area contributed by atoms with Crippen LogP contribution in [0.5, 0.6) is 0 Å². The van der Waals surface area contributed by atoms with Gasteiger partial charge in [0.05, 0.1) is 0 Å². The molecule has 0 heterocycles. The fraction of sp³-hybridized carbons (Fsp3) is 0.909. The third kappa shape index (κ3) is 3.21. The van der Waals surface area contributed by atoms with Crippen molar-refractivity contribution in [2.75, 3.05) is 14.1 Å². The Morgan fingerprint density at radius 2 is 1.83 bits per heavy atom. The fourth-order valence-corrected chi connectivity index (χ4v) is 3.69. The number of carboxylic acid groups (broad SMARTS) is 1. The molecule has 1 saturated carbocycles. The van der Waals surface area contributed by atoms with Gasteiger partial charge in [0.25, 0.3) is 0 Å². The molecule has 1 aliphatic rings. The summed E-state index contributed by atoms with van der Waals surface area (Å²) in [7, 11) is -0.363. The maximum absolute atomic E-state index is 12.1. The van der Waals surface area contributed by atoms with Crippen molar-refractivity contribution in [3.63, 3.8) is 0 Å². The Balaban J connectivity index is 2.70. The normalized spacial score (nSPS) is 27.1. The molecule has 0 aliphatic heterocycles. The molecular weight excluding hydrogens is 256 g/mol. The molecule has 0 aromatic heterocycles. The number of hydrogen-bond acceptors (Lipinski definition) is 4. The van der Waals surface area contributed by atoms with Gasteiger partial charge in [-0.25, -0.2) is 12.7 Å². The van der Waals surface area contributed by atoms with Gasteiger partial charge in [0, 0.05) is 19.1 Å². The van der Waals surface area contributed by atoms with Crippen molar-refractivity contribution in [1.82, 2.24) is 9.62 Å². The van der Waals surface area contributed by atoms with E-state index in [1.54, 1.807) is 0 Å². The monoisotopic (exact) mass is 278 g/mol. The van der Waals surface area contributed by atoms with Crippen LogP contribution >= 0.6 is 0 Å². The van der Waals surface area contributed by atoms with E-state index >= 15 is 0 Å². The highest BCUT2D eigenvalue weighted by Crippen LogP contribution is 2.25. The van der Waals surface area contributed by atoms with Crippen LogP contribution in [-0.4, -0.2) is 55.2 Å². The molecule has 0 amide bonds. The molecule has 0 saturated heterocycles. The van der Waals surface area contributed by atoms with Crippen molar-refractivity contribution in [2.24, 2.45) is 0 Å². The lowest BCUT2D eigenvalue weighted by Crippen LogP contribution is -2.47. The Morgan fingerprint density at radius 3 is 2.22 bits per heavy atom. The van der Waals surface area contributed by atoms with Crippen LogP contribution in [0.1, 0.15) is 32.6 Å². The standard InChI is InChI=1S/C11H22N2O4S/c1-8(11(14)15)18(16,17)13(3)10-6-4-9(12-2)5-7-10/h8-10,12H,4-7H2,1-3H3,(H,14,15). The number of rotatable bonds is 5.